The minimum atomic E-state index is -0.187. The molecule has 0 fully saturated rings. The van der Waals surface area contributed by atoms with Crippen molar-refractivity contribution in [3.05, 3.63) is 47.3 Å². The van der Waals surface area contributed by atoms with Gasteiger partial charge in [-0.1, -0.05) is 27.7 Å². The van der Waals surface area contributed by atoms with Crippen LogP contribution in [0.15, 0.2) is 47.3 Å². The van der Waals surface area contributed by atoms with E-state index >= 15 is 0 Å². The maximum atomic E-state index is 9.98. The molecule has 9 heteroatoms. The molecule has 0 saturated carbocycles. The molecule has 0 amide bonds. The van der Waals surface area contributed by atoms with Crippen molar-refractivity contribution in [3.63, 3.8) is 0 Å². The normalized spacial score (nSPS) is 11.0. The van der Waals surface area contributed by atoms with E-state index in [0.29, 0.717) is 0 Å². The molecule has 0 aromatic rings. The maximum absolute atomic E-state index is 9.98. The van der Waals surface area contributed by atoms with Crippen molar-refractivity contribution in [2.24, 2.45) is 0 Å². The first-order valence-corrected chi connectivity index (χ1v) is 7.94. The molecule has 8 nitrogen and oxygen atoms in total. The third kappa shape index (κ3) is 77.0. The summed E-state index contributed by atoms with van der Waals surface area (Å²) >= 11 is 0. The number of rotatable bonds is 4. The summed E-state index contributed by atoms with van der Waals surface area (Å²) in [6.07, 6.45) is 4.22. The Hall–Kier alpha value is -2.36. The van der Waals surface area contributed by atoms with E-state index in [1.165, 1.54) is 55.4 Å². The molecule has 0 unspecified atom stereocenters. The van der Waals surface area contributed by atoms with E-state index in [4.69, 9.17) is 0 Å². The predicted molar refractivity (Wildman–Crippen MR) is 104 cm³/mol. The smallest absolute Gasteiger partial charge is 0.876 e. The van der Waals surface area contributed by atoms with E-state index in [1.807, 2.05) is 0 Å². The minimum Gasteiger partial charge on any atom is -0.876 e. The zero-order valence-electron chi connectivity index (χ0n) is 18.1. The monoisotopic (exact) mass is 516 g/mol. The summed E-state index contributed by atoms with van der Waals surface area (Å²) in [5.74, 6) is -1.50. The fourth-order valence-electron chi connectivity index (χ4n) is 1.14. The van der Waals surface area contributed by atoms with Gasteiger partial charge in [0, 0.05) is 0 Å². The van der Waals surface area contributed by atoms with Crippen molar-refractivity contribution in [2.75, 3.05) is 0 Å². The molecule has 0 bridgehead atoms. The third-order valence-electron chi connectivity index (χ3n) is 1.63. The summed E-state index contributed by atoms with van der Waals surface area (Å²) in [5.41, 5.74) is 0. The molecule has 0 saturated heterocycles. The van der Waals surface area contributed by atoms with Crippen LogP contribution in [0, 0.1) is 0 Å². The topological polar surface area (TPSA) is 161 Å². The molecule has 0 aliphatic heterocycles. The minimum absolute atomic E-state index is 0. The molecule has 0 aliphatic carbocycles. The van der Waals surface area contributed by atoms with E-state index in [2.05, 4.69) is 0 Å². The molecule has 0 aliphatic rings. The molecule has 0 heterocycles. The van der Waals surface area contributed by atoms with Gasteiger partial charge < -0.3 is 20.4 Å². The molecular weight excluding hydrogens is 487 g/mol. The Morgan fingerprint density at radius 2 is 0.517 bits per heavy atom. The average molecular weight is 515 g/mol. The number of hydrogen-bond acceptors (Lipinski definition) is 8. The molecule has 0 spiro atoms. The Labute approximate surface area is 189 Å². The number of allylic oxidation sites excluding steroid dienone is 8. The van der Waals surface area contributed by atoms with Crippen molar-refractivity contribution < 1.29 is 39.6 Å². The summed E-state index contributed by atoms with van der Waals surface area (Å²) < 4.78 is 0. The first-order valence-electron chi connectivity index (χ1n) is 7.94. The first-order chi connectivity index (χ1) is 12.5. The van der Waals surface area contributed by atoms with Crippen molar-refractivity contribution in [2.45, 2.75) is 55.4 Å². The van der Waals surface area contributed by atoms with Crippen LogP contribution in [0.5, 0.6) is 0 Å². The molecule has 0 rings (SSSR count). The number of ketones is 4. The Balaban J connectivity index is -0.0000000873. The van der Waals surface area contributed by atoms with Gasteiger partial charge in [0.05, 0.1) is 0 Å². The maximum Gasteiger partial charge on any atom is 4.00 e. The number of hydrogen-bond donors (Lipinski definition) is 0. The summed E-state index contributed by atoms with van der Waals surface area (Å²) in [6.45, 7) is 10.8. The molecular formula is C20H28O8Sn. The van der Waals surface area contributed by atoms with Gasteiger partial charge in [-0.3, -0.25) is 19.2 Å². The van der Waals surface area contributed by atoms with Gasteiger partial charge in [-0.2, -0.15) is 0 Å². The van der Waals surface area contributed by atoms with Crippen LogP contribution in [-0.4, -0.2) is 47.0 Å². The zero-order valence-corrected chi connectivity index (χ0v) is 20.9. The Kier molecular flexibility index (Phi) is 30.5. The second kappa shape index (κ2) is 23.7. The largest absolute Gasteiger partial charge is 4.00 e. The Morgan fingerprint density at radius 3 is 0.517 bits per heavy atom. The van der Waals surface area contributed by atoms with Crippen LogP contribution < -0.4 is 20.4 Å². The summed E-state index contributed by atoms with van der Waals surface area (Å²) in [4.78, 5) is 39.9. The van der Waals surface area contributed by atoms with Crippen molar-refractivity contribution >= 4 is 47.0 Å². The second-order valence-corrected chi connectivity index (χ2v) is 5.46. The van der Waals surface area contributed by atoms with E-state index < -0.39 is 0 Å². The van der Waals surface area contributed by atoms with Gasteiger partial charge >= 0.3 is 23.9 Å². The van der Waals surface area contributed by atoms with Gasteiger partial charge in [0.15, 0.2) is 23.1 Å². The summed E-state index contributed by atoms with van der Waals surface area (Å²) in [7, 11) is 0. The SMILES string of the molecule is CC(=O)C=C(C)[O-].CC(=O)C=C(C)[O-].CC(=O)C=C(C)[O-].CC(=O)C=C(C)[O-].[Sn+4]. The van der Waals surface area contributed by atoms with Gasteiger partial charge in [0.25, 0.3) is 0 Å². The van der Waals surface area contributed by atoms with Gasteiger partial charge in [0.1, 0.15) is 0 Å². The molecule has 29 heavy (non-hydrogen) atoms. The van der Waals surface area contributed by atoms with E-state index in [9.17, 15) is 39.6 Å². The van der Waals surface area contributed by atoms with Gasteiger partial charge in [-0.05, 0) is 52.0 Å². The molecule has 0 radical (unpaired) electrons. The predicted octanol–water partition coefficient (Wildman–Crippen LogP) is -1.02. The standard InChI is InChI=1S/4C5H8O2.Sn/c4*1-4(6)3-5(2)7;/h4*3,6H,1-2H3;/q;;;;+4/p-4. The fourth-order valence-corrected chi connectivity index (χ4v) is 1.14. The Morgan fingerprint density at radius 1 is 0.414 bits per heavy atom. The van der Waals surface area contributed by atoms with Crippen molar-refractivity contribution in [1.82, 2.24) is 0 Å². The van der Waals surface area contributed by atoms with E-state index in [-0.39, 0.29) is 70.1 Å². The van der Waals surface area contributed by atoms with Crippen LogP contribution in [0.25, 0.3) is 0 Å². The summed E-state index contributed by atoms with van der Waals surface area (Å²) in [5, 5.41) is 39.9. The van der Waals surface area contributed by atoms with E-state index in [0.717, 1.165) is 24.3 Å². The first kappa shape index (κ1) is 37.4. The van der Waals surface area contributed by atoms with Crippen LogP contribution in [0.4, 0.5) is 0 Å². The Bertz CT molecular complexity index is 513. The summed E-state index contributed by atoms with van der Waals surface area (Å²) in [6, 6.07) is 0. The van der Waals surface area contributed by atoms with Crippen LogP contribution in [0.2, 0.25) is 0 Å². The van der Waals surface area contributed by atoms with Gasteiger partial charge in [0.2, 0.25) is 0 Å². The molecule has 0 aromatic carbocycles. The number of carbonyl (C=O) groups excluding carboxylic acids is 4. The molecule has 0 aromatic heterocycles. The van der Waals surface area contributed by atoms with E-state index in [1.54, 1.807) is 0 Å². The third-order valence-corrected chi connectivity index (χ3v) is 1.63. The van der Waals surface area contributed by atoms with Crippen LogP contribution in [0.1, 0.15) is 55.4 Å². The van der Waals surface area contributed by atoms with Gasteiger partial charge in [-0.15, -0.1) is 23.0 Å². The van der Waals surface area contributed by atoms with Crippen molar-refractivity contribution in [3.8, 4) is 0 Å². The zero-order chi connectivity index (χ0) is 23.4. The molecule has 160 valence electrons. The van der Waals surface area contributed by atoms with Crippen molar-refractivity contribution in [1.29, 1.82) is 0 Å². The quantitative estimate of drug-likeness (QED) is 0.261. The average Bonchev–Trinajstić information content (AvgIpc) is 2.32. The van der Waals surface area contributed by atoms with Crippen LogP contribution in [0.3, 0.4) is 0 Å². The molecule has 0 N–H and O–H groups in total. The second-order valence-electron chi connectivity index (χ2n) is 5.46. The molecule has 0 atom stereocenters. The van der Waals surface area contributed by atoms with Gasteiger partial charge in [-0.25, -0.2) is 0 Å². The van der Waals surface area contributed by atoms with Crippen LogP contribution in [-0.2, 0) is 19.2 Å². The fraction of sp³-hybridized carbons (Fsp3) is 0.400. The van der Waals surface area contributed by atoms with Crippen LogP contribution >= 0.6 is 0 Å². The number of carbonyl (C=O) groups is 4.